The fraction of sp³-hybridized carbons (Fsp3) is 0.211. The first kappa shape index (κ1) is 19.2. The van der Waals surface area contributed by atoms with E-state index < -0.39 is 23.4 Å². The summed E-state index contributed by atoms with van der Waals surface area (Å²) in [4.78, 5) is 37.2. The van der Waals surface area contributed by atoms with Crippen LogP contribution < -0.4 is 10.7 Å². The molecule has 1 aliphatic heterocycles. The summed E-state index contributed by atoms with van der Waals surface area (Å²) >= 11 is 11.9. The van der Waals surface area contributed by atoms with Gasteiger partial charge in [-0.15, -0.1) is 0 Å². The lowest BCUT2D eigenvalue weighted by Crippen LogP contribution is -2.48. The summed E-state index contributed by atoms with van der Waals surface area (Å²) in [6, 6.07) is 13.2. The largest absolute Gasteiger partial charge is 0.344 e. The molecule has 2 aromatic rings. The van der Waals surface area contributed by atoms with E-state index in [1.165, 1.54) is 0 Å². The Morgan fingerprint density at radius 2 is 1.85 bits per heavy atom. The number of nitrogens with one attached hydrogen (secondary N) is 2. The molecular formula is C19H17Cl2N3O3. The fourth-order valence-corrected chi connectivity index (χ4v) is 3.36. The highest BCUT2D eigenvalue weighted by Crippen LogP contribution is 2.27. The monoisotopic (exact) mass is 405 g/mol. The maximum atomic E-state index is 12.7. The Hall–Kier alpha value is -2.57. The number of amides is 4. The Kier molecular flexibility index (Phi) is 5.39. The number of aryl methyl sites for hydroxylation is 1. The number of hydrogen-bond donors (Lipinski definition) is 2. The van der Waals surface area contributed by atoms with Crippen LogP contribution in [0.2, 0.25) is 10.0 Å². The number of imide groups is 1. The minimum Gasteiger partial charge on any atom is -0.318 e. The van der Waals surface area contributed by atoms with Crippen LogP contribution in [0.25, 0.3) is 0 Å². The zero-order valence-electron chi connectivity index (χ0n) is 14.5. The molecule has 0 aliphatic carbocycles. The Morgan fingerprint density at radius 3 is 2.52 bits per heavy atom. The van der Waals surface area contributed by atoms with Gasteiger partial charge in [-0.25, -0.2) is 4.79 Å². The van der Waals surface area contributed by atoms with Gasteiger partial charge < -0.3 is 5.32 Å². The Balaban J connectivity index is 1.66. The van der Waals surface area contributed by atoms with E-state index in [2.05, 4.69) is 10.7 Å². The number of hydrazine groups is 1. The highest BCUT2D eigenvalue weighted by molar-refractivity contribution is 6.35. The number of rotatable bonds is 5. The standard InChI is InChI=1S/C19H17Cl2N3O3/c1-19(13-5-3-2-4-6-13)17(26)24(18(27)22-19)23-16(25)10-8-12-7-9-14(20)11-15(12)21/h2-7,9,11H,8,10H2,1H3,(H,22,27)(H,23,25). The van der Waals surface area contributed by atoms with Crippen molar-refractivity contribution in [1.29, 1.82) is 0 Å². The first-order valence-electron chi connectivity index (χ1n) is 8.27. The molecular weight excluding hydrogens is 389 g/mol. The van der Waals surface area contributed by atoms with E-state index in [1.54, 1.807) is 49.4 Å². The molecule has 2 N–H and O–H groups in total. The van der Waals surface area contributed by atoms with Crippen molar-refractivity contribution in [2.75, 3.05) is 0 Å². The molecule has 0 bridgehead atoms. The summed E-state index contributed by atoms with van der Waals surface area (Å²) in [6.07, 6.45) is 0.405. The lowest BCUT2D eigenvalue weighted by atomic mass is 9.92. The van der Waals surface area contributed by atoms with Gasteiger partial charge in [-0.2, -0.15) is 5.01 Å². The summed E-state index contributed by atoms with van der Waals surface area (Å²) in [5, 5.41) is 4.32. The van der Waals surface area contributed by atoms with Crippen molar-refractivity contribution >= 4 is 41.0 Å². The molecule has 1 fully saturated rings. The summed E-state index contributed by atoms with van der Waals surface area (Å²) < 4.78 is 0. The van der Waals surface area contributed by atoms with Crippen molar-refractivity contribution in [2.45, 2.75) is 25.3 Å². The second-order valence-electron chi connectivity index (χ2n) is 6.33. The van der Waals surface area contributed by atoms with Crippen LogP contribution >= 0.6 is 23.2 Å². The lowest BCUT2D eigenvalue weighted by Gasteiger charge is -2.22. The Morgan fingerprint density at radius 1 is 1.15 bits per heavy atom. The molecule has 0 aromatic heterocycles. The minimum absolute atomic E-state index is 0.0560. The molecule has 140 valence electrons. The third-order valence-corrected chi connectivity index (χ3v) is 5.00. The molecule has 2 aromatic carbocycles. The van der Waals surface area contributed by atoms with E-state index in [9.17, 15) is 14.4 Å². The van der Waals surface area contributed by atoms with E-state index >= 15 is 0 Å². The molecule has 3 rings (SSSR count). The Bertz CT molecular complexity index is 904. The molecule has 1 unspecified atom stereocenters. The van der Waals surface area contributed by atoms with Gasteiger partial charge in [0.25, 0.3) is 5.91 Å². The molecule has 1 atom stereocenters. The molecule has 8 heteroatoms. The first-order valence-corrected chi connectivity index (χ1v) is 9.02. The van der Waals surface area contributed by atoms with Crippen LogP contribution in [0.1, 0.15) is 24.5 Å². The van der Waals surface area contributed by atoms with Gasteiger partial charge in [0.2, 0.25) is 5.91 Å². The molecule has 0 saturated carbocycles. The average Bonchev–Trinajstić information content (AvgIpc) is 2.86. The van der Waals surface area contributed by atoms with E-state index in [0.717, 1.165) is 10.6 Å². The highest BCUT2D eigenvalue weighted by Gasteiger charge is 2.49. The van der Waals surface area contributed by atoms with Crippen LogP contribution in [0.15, 0.2) is 48.5 Å². The van der Waals surface area contributed by atoms with Gasteiger partial charge in [-0.1, -0.05) is 59.6 Å². The molecule has 1 saturated heterocycles. The van der Waals surface area contributed by atoms with E-state index in [0.29, 0.717) is 22.0 Å². The normalized spacial score (nSPS) is 19.1. The lowest BCUT2D eigenvalue weighted by molar-refractivity contribution is -0.138. The third kappa shape index (κ3) is 3.91. The van der Waals surface area contributed by atoms with Gasteiger partial charge in [-0.05, 0) is 36.6 Å². The van der Waals surface area contributed by atoms with Crippen LogP contribution in [-0.2, 0) is 21.5 Å². The second kappa shape index (κ2) is 7.58. The number of carbonyl (C=O) groups excluding carboxylic acids is 3. The molecule has 4 amide bonds. The topological polar surface area (TPSA) is 78.5 Å². The maximum absolute atomic E-state index is 12.7. The van der Waals surface area contributed by atoms with Crippen LogP contribution in [0, 0.1) is 0 Å². The predicted molar refractivity (Wildman–Crippen MR) is 102 cm³/mol. The molecule has 0 radical (unpaired) electrons. The van der Waals surface area contributed by atoms with E-state index in [4.69, 9.17) is 23.2 Å². The Labute approximate surface area is 166 Å². The fourth-order valence-electron chi connectivity index (χ4n) is 2.86. The van der Waals surface area contributed by atoms with Gasteiger partial charge in [0.15, 0.2) is 0 Å². The molecule has 1 aliphatic rings. The first-order chi connectivity index (χ1) is 12.8. The molecule has 1 heterocycles. The number of nitrogens with zero attached hydrogens (tertiary/aromatic N) is 1. The molecule has 0 spiro atoms. The number of halogens is 2. The SMILES string of the molecule is CC1(c2ccccc2)NC(=O)N(NC(=O)CCc2ccc(Cl)cc2Cl)C1=O. The van der Waals surface area contributed by atoms with Gasteiger partial charge in [-0.3, -0.25) is 15.0 Å². The van der Waals surface area contributed by atoms with Gasteiger partial charge in [0.1, 0.15) is 5.54 Å². The van der Waals surface area contributed by atoms with Crippen molar-refractivity contribution in [3.05, 3.63) is 69.7 Å². The van der Waals surface area contributed by atoms with E-state index in [1.807, 2.05) is 6.07 Å². The number of carbonyl (C=O) groups is 3. The minimum atomic E-state index is -1.23. The highest BCUT2D eigenvalue weighted by atomic mass is 35.5. The summed E-state index contributed by atoms with van der Waals surface area (Å²) in [5.41, 5.74) is 2.52. The third-order valence-electron chi connectivity index (χ3n) is 4.42. The number of hydrogen-bond acceptors (Lipinski definition) is 3. The average molecular weight is 406 g/mol. The molecule has 27 heavy (non-hydrogen) atoms. The summed E-state index contributed by atoms with van der Waals surface area (Å²) in [5.74, 6) is -1.02. The zero-order chi connectivity index (χ0) is 19.6. The predicted octanol–water partition coefficient (Wildman–Crippen LogP) is 3.42. The quantitative estimate of drug-likeness (QED) is 0.747. The van der Waals surface area contributed by atoms with Crippen molar-refractivity contribution < 1.29 is 14.4 Å². The summed E-state index contributed by atoms with van der Waals surface area (Å²) in [7, 11) is 0. The van der Waals surface area contributed by atoms with Gasteiger partial charge in [0.05, 0.1) is 0 Å². The molecule has 6 nitrogen and oxygen atoms in total. The maximum Gasteiger partial charge on any atom is 0.344 e. The van der Waals surface area contributed by atoms with Crippen molar-refractivity contribution in [3.8, 4) is 0 Å². The number of urea groups is 1. The van der Waals surface area contributed by atoms with Crippen LogP contribution in [-0.4, -0.2) is 22.9 Å². The smallest absolute Gasteiger partial charge is 0.318 e. The zero-order valence-corrected chi connectivity index (χ0v) is 16.0. The second-order valence-corrected chi connectivity index (χ2v) is 7.18. The van der Waals surface area contributed by atoms with E-state index in [-0.39, 0.29) is 6.42 Å². The van der Waals surface area contributed by atoms with Crippen molar-refractivity contribution in [1.82, 2.24) is 15.8 Å². The van der Waals surface area contributed by atoms with Crippen LogP contribution in [0.5, 0.6) is 0 Å². The summed E-state index contributed by atoms with van der Waals surface area (Å²) in [6.45, 7) is 1.60. The van der Waals surface area contributed by atoms with Crippen LogP contribution in [0.3, 0.4) is 0 Å². The number of benzene rings is 2. The van der Waals surface area contributed by atoms with Gasteiger partial charge in [0, 0.05) is 16.5 Å². The van der Waals surface area contributed by atoms with Crippen molar-refractivity contribution in [2.24, 2.45) is 0 Å². The van der Waals surface area contributed by atoms with Crippen molar-refractivity contribution in [3.63, 3.8) is 0 Å². The van der Waals surface area contributed by atoms with Gasteiger partial charge >= 0.3 is 6.03 Å². The van der Waals surface area contributed by atoms with Crippen LogP contribution in [0.4, 0.5) is 4.79 Å².